The van der Waals surface area contributed by atoms with Gasteiger partial charge in [-0.3, -0.25) is 19.1 Å². The van der Waals surface area contributed by atoms with Gasteiger partial charge in [-0.05, 0) is 45.4 Å². The van der Waals surface area contributed by atoms with Crippen molar-refractivity contribution in [1.29, 1.82) is 0 Å². The average molecular weight is 615 g/mol. The Labute approximate surface area is 231 Å². The van der Waals surface area contributed by atoms with Gasteiger partial charge >= 0.3 is 18.2 Å². The van der Waals surface area contributed by atoms with Crippen LogP contribution in [0.2, 0.25) is 0 Å². The molecule has 1 aliphatic rings. The highest BCUT2D eigenvalue weighted by Gasteiger charge is 2.51. The van der Waals surface area contributed by atoms with Gasteiger partial charge in [0.25, 0.3) is 22.3 Å². The standard InChI is InChI=1S/C23H27F5N4O8S/c1-4-38-20-17(11-31(30-20)12-18(24)25)41(36,37)32-10-14(6-8-19(33)34)39-16-7-5-13(9-15(16)32)29-21(35)40-22(2,3)23(26,27)28/h5,7,9,11,14,18H,4,6,8,10,12H2,1-3H3,(H,29,35)(H,33,34). The van der Waals surface area contributed by atoms with Gasteiger partial charge in [-0.15, -0.1) is 5.10 Å². The third-order valence-corrected chi connectivity index (χ3v) is 7.48. The maximum absolute atomic E-state index is 13.9. The molecule has 1 aliphatic heterocycles. The number of hydrogen-bond acceptors (Lipinski definition) is 8. The van der Waals surface area contributed by atoms with Crippen LogP contribution in [0, 0.1) is 0 Å². The normalized spacial score (nSPS) is 15.7. The minimum absolute atomic E-state index is 0.0560. The number of aromatic nitrogens is 2. The number of carbonyl (C=O) groups is 2. The second-order valence-corrected chi connectivity index (χ2v) is 11.1. The average Bonchev–Trinajstić information content (AvgIpc) is 3.23. The van der Waals surface area contributed by atoms with E-state index in [1.165, 1.54) is 19.1 Å². The number of alkyl halides is 5. The third-order valence-electron chi connectivity index (χ3n) is 5.72. The Morgan fingerprint density at radius 1 is 1.27 bits per heavy atom. The zero-order valence-electron chi connectivity index (χ0n) is 21.9. The molecular formula is C23H27F5N4O8S. The molecule has 0 bridgehead atoms. The smallest absolute Gasteiger partial charge is 0.427 e. The van der Waals surface area contributed by atoms with Crippen molar-refractivity contribution in [1.82, 2.24) is 9.78 Å². The van der Waals surface area contributed by atoms with Crippen molar-refractivity contribution >= 4 is 33.5 Å². The second-order valence-electron chi connectivity index (χ2n) is 9.26. The Kier molecular flexibility index (Phi) is 9.24. The van der Waals surface area contributed by atoms with Crippen LogP contribution in [0.15, 0.2) is 29.3 Å². The molecule has 1 amide bonds. The molecule has 228 valence electrons. The lowest BCUT2D eigenvalue weighted by Gasteiger charge is -2.35. The Hall–Kier alpha value is -3.83. The van der Waals surface area contributed by atoms with E-state index in [0.717, 1.165) is 16.6 Å². The number of sulfonamides is 1. The highest BCUT2D eigenvalue weighted by molar-refractivity contribution is 7.93. The topological polar surface area (TPSA) is 149 Å². The molecule has 2 aromatic rings. The van der Waals surface area contributed by atoms with Gasteiger partial charge < -0.3 is 19.3 Å². The molecule has 1 unspecified atom stereocenters. The molecule has 1 atom stereocenters. The minimum Gasteiger partial charge on any atom is -0.486 e. The summed E-state index contributed by atoms with van der Waals surface area (Å²) in [5.74, 6) is -1.70. The maximum Gasteiger partial charge on any atom is 0.427 e. The van der Waals surface area contributed by atoms with E-state index in [0.29, 0.717) is 18.5 Å². The summed E-state index contributed by atoms with van der Waals surface area (Å²) in [6, 6.07) is 3.52. The van der Waals surface area contributed by atoms with Crippen LogP contribution in [-0.4, -0.2) is 72.8 Å². The number of rotatable bonds is 11. The lowest BCUT2D eigenvalue weighted by atomic mass is 10.1. The summed E-state index contributed by atoms with van der Waals surface area (Å²) >= 11 is 0. The molecular weight excluding hydrogens is 587 g/mol. The fourth-order valence-electron chi connectivity index (χ4n) is 3.64. The monoisotopic (exact) mass is 614 g/mol. The molecule has 0 aliphatic carbocycles. The number of ether oxygens (including phenoxy) is 3. The van der Waals surface area contributed by atoms with E-state index in [1.807, 2.05) is 0 Å². The number of nitrogens with one attached hydrogen (secondary N) is 1. The van der Waals surface area contributed by atoms with Crippen LogP contribution in [0.1, 0.15) is 33.6 Å². The van der Waals surface area contributed by atoms with Crippen LogP contribution >= 0.6 is 0 Å². The summed E-state index contributed by atoms with van der Waals surface area (Å²) in [5, 5.41) is 14.9. The van der Waals surface area contributed by atoms with Gasteiger partial charge in [-0.2, -0.15) is 13.2 Å². The Morgan fingerprint density at radius 2 is 1.95 bits per heavy atom. The quantitative estimate of drug-likeness (QED) is 0.354. The van der Waals surface area contributed by atoms with Crippen molar-refractivity contribution in [2.45, 2.75) is 69.4 Å². The zero-order chi connectivity index (χ0) is 30.8. The van der Waals surface area contributed by atoms with E-state index in [9.17, 15) is 40.0 Å². The molecule has 12 nitrogen and oxygen atoms in total. The van der Waals surface area contributed by atoms with Crippen LogP contribution in [0.25, 0.3) is 0 Å². The summed E-state index contributed by atoms with van der Waals surface area (Å²) in [4.78, 5) is 22.7. The third kappa shape index (κ3) is 7.47. The van der Waals surface area contributed by atoms with Crippen molar-refractivity contribution in [3.8, 4) is 11.6 Å². The Morgan fingerprint density at radius 3 is 2.54 bits per heavy atom. The lowest BCUT2D eigenvalue weighted by Crippen LogP contribution is -2.44. The fourth-order valence-corrected chi connectivity index (χ4v) is 5.21. The number of amides is 1. The van der Waals surface area contributed by atoms with E-state index < -0.39 is 70.3 Å². The lowest BCUT2D eigenvalue weighted by molar-refractivity contribution is -0.242. The van der Waals surface area contributed by atoms with E-state index in [1.54, 1.807) is 0 Å². The first-order chi connectivity index (χ1) is 18.9. The predicted molar refractivity (Wildman–Crippen MR) is 132 cm³/mol. The van der Waals surface area contributed by atoms with Crippen LogP contribution in [0.4, 0.5) is 38.1 Å². The first kappa shape index (κ1) is 31.7. The molecule has 0 saturated carbocycles. The van der Waals surface area contributed by atoms with Gasteiger partial charge in [0.2, 0.25) is 5.60 Å². The summed E-state index contributed by atoms with van der Waals surface area (Å²) in [7, 11) is -4.65. The molecule has 0 fully saturated rings. The van der Waals surface area contributed by atoms with E-state index in [2.05, 4.69) is 15.2 Å². The summed E-state index contributed by atoms with van der Waals surface area (Å²) in [6.07, 6.45) is -9.81. The number of nitrogens with zero attached hydrogens (tertiary/aromatic N) is 3. The van der Waals surface area contributed by atoms with E-state index in [4.69, 9.17) is 14.6 Å². The Bertz CT molecular complexity index is 1380. The molecule has 2 heterocycles. The first-order valence-corrected chi connectivity index (χ1v) is 13.5. The van der Waals surface area contributed by atoms with Gasteiger partial charge in [0.15, 0.2) is 4.90 Å². The zero-order valence-corrected chi connectivity index (χ0v) is 22.8. The molecule has 0 saturated heterocycles. The molecule has 1 aromatic carbocycles. The summed E-state index contributed by atoms with van der Waals surface area (Å²) in [5.41, 5.74) is -3.19. The molecule has 2 N–H and O–H groups in total. The molecule has 18 heteroatoms. The van der Waals surface area contributed by atoms with Gasteiger partial charge in [0, 0.05) is 18.3 Å². The number of anilines is 2. The molecule has 3 rings (SSSR count). The van der Waals surface area contributed by atoms with Gasteiger partial charge in [0.1, 0.15) is 18.4 Å². The fraction of sp³-hybridized carbons (Fsp3) is 0.522. The number of carboxylic acids is 1. The van der Waals surface area contributed by atoms with Gasteiger partial charge in [-0.1, -0.05) is 0 Å². The molecule has 0 radical (unpaired) electrons. The van der Waals surface area contributed by atoms with Crippen molar-refractivity contribution in [2.24, 2.45) is 0 Å². The predicted octanol–water partition coefficient (Wildman–Crippen LogP) is 4.26. The molecule has 41 heavy (non-hydrogen) atoms. The number of halogens is 5. The van der Waals surface area contributed by atoms with Crippen molar-refractivity contribution in [3.05, 3.63) is 24.4 Å². The van der Waals surface area contributed by atoms with Crippen molar-refractivity contribution in [3.63, 3.8) is 0 Å². The number of fused-ring (bicyclic) bond motifs is 1. The van der Waals surface area contributed by atoms with Crippen molar-refractivity contribution < 1.29 is 59.3 Å². The number of carbonyl (C=O) groups excluding carboxylic acids is 1. The molecule has 0 spiro atoms. The number of carboxylic acid groups (broad SMARTS) is 1. The molecule has 1 aromatic heterocycles. The minimum atomic E-state index is -4.88. The van der Waals surface area contributed by atoms with E-state index >= 15 is 0 Å². The van der Waals surface area contributed by atoms with Gasteiger partial charge in [0.05, 0.1) is 18.8 Å². The second kappa shape index (κ2) is 12.0. The highest BCUT2D eigenvalue weighted by Crippen LogP contribution is 2.41. The van der Waals surface area contributed by atoms with Crippen LogP contribution in [0.3, 0.4) is 0 Å². The summed E-state index contributed by atoms with van der Waals surface area (Å²) in [6.45, 7) is 1.38. The van der Waals surface area contributed by atoms with Crippen LogP contribution in [0.5, 0.6) is 11.6 Å². The SMILES string of the molecule is CCOc1nn(CC(F)F)cc1S(=O)(=O)N1CC(CCC(=O)O)Oc2ccc(NC(=O)OC(C)(C)C(F)(F)F)cc21. The van der Waals surface area contributed by atoms with E-state index in [-0.39, 0.29) is 36.6 Å². The summed E-state index contributed by atoms with van der Waals surface area (Å²) < 4.78 is 110. The van der Waals surface area contributed by atoms with Crippen LogP contribution in [-0.2, 0) is 26.1 Å². The largest absolute Gasteiger partial charge is 0.486 e. The Balaban J connectivity index is 2.03. The number of hydrogen-bond donors (Lipinski definition) is 2. The first-order valence-electron chi connectivity index (χ1n) is 12.0. The van der Waals surface area contributed by atoms with Crippen molar-refractivity contribution in [2.75, 3.05) is 22.8 Å². The van der Waals surface area contributed by atoms with Crippen LogP contribution < -0.4 is 19.1 Å². The van der Waals surface area contributed by atoms with Gasteiger partial charge in [-0.25, -0.2) is 22.0 Å². The number of aliphatic carboxylic acids is 1. The number of benzene rings is 1. The highest BCUT2D eigenvalue weighted by atomic mass is 32.2. The maximum atomic E-state index is 13.9.